The van der Waals surface area contributed by atoms with Crippen molar-refractivity contribution in [2.75, 3.05) is 6.54 Å². The van der Waals surface area contributed by atoms with E-state index in [1.807, 2.05) is 30.3 Å². The zero-order chi connectivity index (χ0) is 26.4. The summed E-state index contributed by atoms with van der Waals surface area (Å²) in [4.78, 5) is 71.4. The first-order valence-corrected chi connectivity index (χ1v) is 11.3. The van der Waals surface area contributed by atoms with E-state index in [-0.39, 0.29) is 38.0 Å². The molecule has 0 spiro atoms. The Labute approximate surface area is 203 Å². The van der Waals surface area contributed by atoms with E-state index >= 15 is 0 Å². The van der Waals surface area contributed by atoms with Gasteiger partial charge < -0.3 is 31.0 Å². The number of carboxylic acid groups (broad SMARTS) is 2. The summed E-state index contributed by atoms with van der Waals surface area (Å²) in [6.07, 6.45) is -0.352. The molecule has 0 aliphatic rings. The zero-order valence-corrected chi connectivity index (χ0v) is 19.9. The van der Waals surface area contributed by atoms with Crippen molar-refractivity contribution in [2.45, 2.75) is 58.0 Å². The topological polar surface area (TPSA) is 179 Å². The van der Waals surface area contributed by atoms with Gasteiger partial charge in [0.05, 0.1) is 12.5 Å². The molecule has 0 bridgehead atoms. The number of hydrogen-bond acceptors (Lipinski definition) is 6. The molecule has 0 saturated carbocycles. The van der Waals surface area contributed by atoms with Crippen LogP contribution in [-0.4, -0.2) is 64.8 Å². The van der Waals surface area contributed by atoms with E-state index in [4.69, 9.17) is 10.2 Å². The van der Waals surface area contributed by atoms with Gasteiger partial charge in [0.15, 0.2) is 0 Å². The van der Waals surface area contributed by atoms with Gasteiger partial charge in [0, 0.05) is 13.0 Å². The number of carbonyl (C=O) groups excluding carboxylic acids is 4. The van der Waals surface area contributed by atoms with Crippen LogP contribution in [0.15, 0.2) is 30.3 Å². The van der Waals surface area contributed by atoms with Crippen molar-refractivity contribution in [2.24, 2.45) is 11.8 Å². The number of carbonyl (C=O) groups is 6. The van der Waals surface area contributed by atoms with E-state index < -0.39 is 54.1 Å². The molecule has 35 heavy (non-hydrogen) atoms. The van der Waals surface area contributed by atoms with Crippen molar-refractivity contribution in [3.63, 3.8) is 0 Å². The van der Waals surface area contributed by atoms with Crippen LogP contribution in [0.3, 0.4) is 0 Å². The minimum atomic E-state index is -1.31. The van der Waals surface area contributed by atoms with Crippen molar-refractivity contribution in [3.05, 3.63) is 35.9 Å². The molecule has 11 heteroatoms. The number of rotatable bonds is 16. The Bertz CT molecular complexity index is 888. The normalized spacial score (nSPS) is 13.2. The summed E-state index contributed by atoms with van der Waals surface area (Å²) in [5, 5.41) is 25.3. The first-order valence-electron chi connectivity index (χ1n) is 11.3. The molecule has 0 radical (unpaired) electrons. The Morgan fingerprint density at radius 1 is 0.914 bits per heavy atom. The van der Waals surface area contributed by atoms with Crippen LogP contribution in [0.5, 0.6) is 0 Å². The maximum absolute atomic E-state index is 13.0. The molecule has 0 aromatic heterocycles. The summed E-state index contributed by atoms with van der Waals surface area (Å²) in [6.45, 7) is 3.79. The summed E-state index contributed by atoms with van der Waals surface area (Å²) in [6, 6.07) is 6.85. The maximum Gasteiger partial charge on any atom is 0.305 e. The van der Waals surface area contributed by atoms with Gasteiger partial charge in [0.2, 0.25) is 17.7 Å². The fourth-order valence-corrected chi connectivity index (χ4v) is 3.32. The highest BCUT2D eigenvalue weighted by Crippen LogP contribution is 2.14. The first-order chi connectivity index (χ1) is 16.5. The van der Waals surface area contributed by atoms with Gasteiger partial charge >= 0.3 is 11.9 Å². The molecular weight excluding hydrogens is 458 g/mol. The Morgan fingerprint density at radius 2 is 1.54 bits per heavy atom. The third-order valence-corrected chi connectivity index (χ3v) is 5.06. The van der Waals surface area contributed by atoms with Gasteiger partial charge in [-0.3, -0.25) is 24.0 Å². The van der Waals surface area contributed by atoms with Crippen LogP contribution in [0.2, 0.25) is 0 Å². The number of aliphatic carboxylic acids is 2. The van der Waals surface area contributed by atoms with E-state index in [0.29, 0.717) is 6.42 Å². The monoisotopic (exact) mass is 491 g/mol. The minimum Gasteiger partial charge on any atom is -0.481 e. The molecule has 5 N–H and O–H groups in total. The van der Waals surface area contributed by atoms with Gasteiger partial charge in [-0.05, 0) is 30.7 Å². The van der Waals surface area contributed by atoms with Crippen LogP contribution in [0.25, 0.3) is 0 Å². The summed E-state index contributed by atoms with van der Waals surface area (Å²) < 4.78 is 0. The van der Waals surface area contributed by atoms with E-state index in [2.05, 4.69) is 16.0 Å². The van der Waals surface area contributed by atoms with Crippen molar-refractivity contribution in [1.82, 2.24) is 16.0 Å². The van der Waals surface area contributed by atoms with Crippen molar-refractivity contribution >= 4 is 35.9 Å². The molecule has 0 fully saturated rings. The Morgan fingerprint density at radius 3 is 2.09 bits per heavy atom. The third-order valence-electron chi connectivity index (χ3n) is 5.06. The van der Waals surface area contributed by atoms with Gasteiger partial charge in [-0.15, -0.1) is 0 Å². The molecule has 0 saturated heterocycles. The fourth-order valence-electron chi connectivity index (χ4n) is 3.32. The smallest absolute Gasteiger partial charge is 0.305 e. The Kier molecular flexibility index (Phi) is 12.7. The molecule has 1 rings (SSSR count). The average molecular weight is 492 g/mol. The Hall–Kier alpha value is -3.76. The second-order valence-corrected chi connectivity index (χ2v) is 8.55. The highest BCUT2D eigenvalue weighted by Gasteiger charge is 2.32. The molecule has 1 aromatic rings. The van der Waals surface area contributed by atoms with Crippen LogP contribution in [-0.2, 0) is 35.2 Å². The average Bonchev–Trinajstić information content (AvgIpc) is 2.79. The van der Waals surface area contributed by atoms with Crippen LogP contribution in [0.4, 0.5) is 0 Å². The van der Waals surface area contributed by atoms with Crippen LogP contribution in [0.1, 0.15) is 45.1 Å². The number of aldehydes is 1. The van der Waals surface area contributed by atoms with Crippen molar-refractivity contribution in [3.8, 4) is 0 Å². The van der Waals surface area contributed by atoms with Crippen LogP contribution >= 0.6 is 0 Å². The van der Waals surface area contributed by atoms with E-state index in [9.17, 15) is 28.8 Å². The number of amides is 3. The highest BCUT2D eigenvalue weighted by atomic mass is 16.4. The van der Waals surface area contributed by atoms with Crippen molar-refractivity contribution in [1.29, 1.82) is 0 Å². The first kappa shape index (κ1) is 29.3. The zero-order valence-electron chi connectivity index (χ0n) is 19.9. The van der Waals surface area contributed by atoms with E-state index in [0.717, 1.165) is 5.56 Å². The molecule has 11 nitrogen and oxygen atoms in total. The molecule has 3 amide bonds. The summed E-state index contributed by atoms with van der Waals surface area (Å²) >= 11 is 0. The predicted molar refractivity (Wildman–Crippen MR) is 125 cm³/mol. The maximum atomic E-state index is 13.0. The quantitative estimate of drug-likeness (QED) is 0.164. The molecule has 192 valence electrons. The van der Waals surface area contributed by atoms with E-state index in [1.165, 1.54) is 0 Å². The lowest BCUT2D eigenvalue weighted by Gasteiger charge is -2.23. The molecule has 0 aliphatic heterocycles. The number of nitrogens with one attached hydrogen (secondary N) is 3. The van der Waals surface area contributed by atoms with Gasteiger partial charge in [-0.2, -0.15) is 0 Å². The SMILES string of the molecule is CC(C)CC(C(=O)NC(C=O)CC(=O)O)C(=O)NC(CCC(=O)O)C(=O)NCCc1ccccc1. The summed E-state index contributed by atoms with van der Waals surface area (Å²) in [5.74, 6) is -6.14. The molecule has 3 unspecified atom stereocenters. The standard InChI is InChI=1S/C24H33N3O8/c1-15(2)12-18(22(33)26-17(14-28)13-21(31)32)23(34)27-19(8-9-20(29)30)24(35)25-11-10-16-6-4-3-5-7-16/h3-7,14-15,17-19H,8-13H2,1-2H3,(H,25,35)(H,26,33)(H,27,34)(H,29,30)(H,31,32). The van der Waals surface area contributed by atoms with Gasteiger partial charge in [-0.1, -0.05) is 44.2 Å². The lowest BCUT2D eigenvalue weighted by molar-refractivity contribution is -0.142. The summed E-state index contributed by atoms with van der Waals surface area (Å²) in [5.41, 5.74) is 0.985. The number of hydrogen-bond donors (Lipinski definition) is 5. The largest absolute Gasteiger partial charge is 0.481 e. The predicted octanol–water partition coefficient (Wildman–Crippen LogP) is 0.516. The minimum absolute atomic E-state index is 0.0671. The lowest BCUT2D eigenvalue weighted by atomic mass is 9.94. The van der Waals surface area contributed by atoms with Gasteiger partial charge in [0.1, 0.15) is 18.2 Å². The molecule has 0 aliphatic carbocycles. The summed E-state index contributed by atoms with van der Waals surface area (Å²) in [7, 11) is 0. The number of carboxylic acids is 2. The second kappa shape index (κ2) is 15.2. The highest BCUT2D eigenvalue weighted by molar-refractivity contribution is 6.02. The second-order valence-electron chi connectivity index (χ2n) is 8.55. The molecule has 1 aromatic carbocycles. The lowest BCUT2D eigenvalue weighted by Crippen LogP contribution is -2.52. The fraction of sp³-hybridized carbons (Fsp3) is 0.500. The molecule has 0 heterocycles. The van der Waals surface area contributed by atoms with Gasteiger partial charge in [-0.25, -0.2) is 0 Å². The molecule has 3 atom stereocenters. The number of benzene rings is 1. The van der Waals surface area contributed by atoms with E-state index in [1.54, 1.807) is 13.8 Å². The van der Waals surface area contributed by atoms with Crippen molar-refractivity contribution < 1.29 is 39.0 Å². The van der Waals surface area contributed by atoms with Crippen LogP contribution in [0, 0.1) is 11.8 Å². The third kappa shape index (κ3) is 11.8. The van der Waals surface area contributed by atoms with Crippen LogP contribution < -0.4 is 16.0 Å². The molecular formula is C24H33N3O8. The Balaban J connectivity index is 2.90. The van der Waals surface area contributed by atoms with Gasteiger partial charge in [0.25, 0.3) is 0 Å².